The number of hydrogen-bond donors (Lipinski definition) is 0. The lowest BCUT2D eigenvalue weighted by atomic mass is 9.87. The van der Waals surface area contributed by atoms with E-state index in [9.17, 15) is 4.79 Å². The molecule has 1 aromatic heterocycles. The van der Waals surface area contributed by atoms with Gasteiger partial charge in [-0.1, -0.05) is 24.3 Å². The number of carbonyl (C=O) groups excluding carboxylic acids is 1. The number of amides is 1. The number of rotatable bonds is 7. The SMILES string of the molecule is COCCC(=O)N1C[C@@H]2CN(CCn3ccnc3)C[C@@H]2[C@H]1c1ccccc1C. The summed E-state index contributed by atoms with van der Waals surface area (Å²) in [5, 5.41) is 0. The molecule has 2 aliphatic rings. The number of likely N-dealkylation sites (tertiary alicyclic amines) is 2. The van der Waals surface area contributed by atoms with Crippen molar-refractivity contribution in [3.8, 4) is 0 Å². The third-order valence-corrected chi connectivity index (χ3v) is 6.32. The van der Waals surface area contributed by atoms with Crippen LogP contribution in [0.4, 0.5) is 0 Å². The van der Waals surface area contributed by atoms with Crippen molar-refractivity contribution in [2.24, 2.45) is 11.8 Å². The fourth-order valence-electron chi connectivity index (χ4n) is 4.90. The molecule has 2 aromatic rings. The maximum atomic E-state index is 12.9. The first-order chi connectivity index (χ1) is 13.7. The molecule has 6 heteroatoms. The second kappa shape index (κ2) is 8.45. The quantitative estimate of drug-likeness (QED) is 0.738. The summed E-state index contributed by atoms with van der Waals surface area (Å²) in [6, 6.07) is 8.71. The van der Waals surface area contributed by atoms with Gasteiger partial charge >= 0.3 is 0 Å². The molecule has 0 unspecified atom stereocenters. The van der Waals surface area contributed by atoms with Gasteiger partial charge in [-0.05, 0) is 24.0 Å². The summed E-state index contributed by atoms with van der Waals surface area (Å²) < 4.78 is 7.28. The molecule has 6 nitrogen and oxygen atoms in total. The summed E-state index contributed by atoms with van der Waals surface area (Å²) in [7, 11) is 1.66. The van der Waals surface area contributed by atoms with Crippen molar-refractivity contribution < 1.29 is 9.53 Å². The second-order valence-corrected chi connectivity index (χ2v) is 8.07. The molecule has 1 amide bonds. The summed E-state index contributed by atoms with van der Waals surface area (Å²) in [5.41, 5.74) is 2.58. The van der Waals surface area contributed by atoms with Crippen LogP contribution in [0.3, 0.4) is 0 Å². The summed E-state index contributed by atoms with van der Waals surface area (Å²) >= 11 is 0. The summed E-state index contributed by atoms with van der Waals surface area (Å²) in [4.78, 5) is 21.7. The van der Waals surface area contributed by atoms with E-state index in [1.54, 1.807) is 7.11 Å². The van der Waals surface area contributed by atoms with Crippen molar-refractivity contribution in [2.75, 3.05) is 39.9 Å². The Bertz CT molecular complexity index is 792. The van der Waals surface area contributed by atoms with Gasteiger partial charge in [0.05, 0.1) is 25.4 Å². The topological polar surface area (TPSA) is 50.6 Å². The van der Waals surface area contributed by atoms with Gasteiger partial charge in [0.25, 0.3) is 0 Å². The molecule has 0 N–H and O–H groups in total. The van der Waals surface area contributed by atoms with Crippen LogP contribution in [-0.4, -0.2) is 65.2 Å². The summed E-state index contributed by atoms with van der Waals surface area (Å²) in [6.45, 7) is 7.61. The second-order valence-electron chi connectivity index (χ2n) is 8.07. The molecule has 0 aliphatic carbocycles. The van der Waals surface area contributed by atoms with Gasteiger partial charge in [-0.25, -0.2) is 4.98 Å². The Hall–Kier alpha value is -2.18. The number of aromatic nitrogens is 2. The Morgan fingerprint density at radius 2 is 2.07 bits per heavy atom. The highest BCUT2D eigenvalue weighted by Crippen LogP contribution is 2.45. The number of benzene rings is 1. The van der Waals surface area contributed by atoms with E-state index in [4.69, 9.17) is 4.74 Å². The van der Waals surface area contributed by atoms with Crippen LogP contribution >= 0.6 is 0 Å². The molecule has 3 heterocycles. The average Bonchev–Trinajstić information content (AvgIpc) is 3.41. The Balaban J connectivity index is 1.50. The van der Waals surface area contributed by atoms with Gasteiger partial charge in [-0.3, -0.25) is 4.79 Å². The fraction of sp³-hybridized carbons (Fsp3) is 0.545. The Kier molecular flexibility index (Phi) is 5.78. The number of carbonyl (C=O) groups is 1. The molecule has 0 radical (unpaired) electrons. The van der Waals surface area contributed by atoms with Crippen LogP contribution in [-0.2, 0) is 16.1 Å². The van der Waals surface area contributed by atoms with Crippen LogP contribution in [0.5, 0.6) is 0 Å². The van der Waals surface area contributed by atoms with Crippen molar-refractivity contribution in [3.05, 3.63) is 54.1 Å². The molecule has 4 rings (SSSR count). The first kappa shape index (κ1) is 19.2. The molecule has 2 aliphatic heterocycles. The van der Waals surface area contributed by atoms with Crippen LogP contribution in [0.15, 0.2) is 43.0 Å². The smallest absolute Gasteiger partial charge is 0.225 e. The highest BCUT2D eigenvalue weighted by molar-refractivity contribution is 5.77. The highest BCUT2D eigenvalue weighted by atomic mass is 16.5. The van der Waals surface area contributed by atoms with Crippen molar-refractivity contribution in [1.29, 1.82) is 0 Å². The number of aryl methyl sites for hydroxylation is 1. The Morgan fingerprint density at radius 3 is 2.82 bits per heavy atom. The van der Waals surface area contributed by atoms with Gasteiger partial charge in [-0.15, -0.1) is 0 Å². The number of nitrogens with zero attached hydrogens (tertiary/aromatic N) is 4. The maximum Gasteiger partial charge on any atom is 0.225 e. The molecular weight excluding hydrogens is 352 g/mol. The molecule has 2 fully saturated rings. The highest BCUT2D eigenvalue weighted by Gasteiger charge is 2.48. The number of fused-ring (bicyclic) bond motifs is 1. The van der Waals surface area contributed by atoms with E-state index in [-0.39, 0.29) is 11.9 Å². The van der Waals surface area contributed by atoms with E-state index >= 15 is 0 Å². The summed E-state index contributed by atoms with van der Waals surface area (Å²) in [5.74, 6) is 1.25. The maximum absolute atomic E-state index is 12.9. The van der Waals surface area contributed by atoms with Crippen molar-refractivity contribution in [1.82, 2.24) is 19.4 Å². The van der Waals surface area contributed by atoms with E-state index in [0.29, 0.717) is 24.9 Å². The Morgan fingerprint density at radius 1 is 1.21 bits per heavy atom. The van der Waals surface area contributed by atoms with Gasteiger partial charge in [0, 0.05) is 58.1 Å². The lowest BCUT2D eigenvalue weighted by molar-refractivity contribution is -0.133. The van der Waals surface area contributed by atoms with E-state index in [0.717, 1.165) is 32.7 Å². The van der Waals surface area contributed by atoms with E-state index in [1.165, 1.54) is 11.1 Å². The molecule has 28 heavy (non-hydrogen) atoms. The molecule has 0 spiro atoms. The first-order valence-corrected chi connectivity index (χ1v) is 10.2. The van der Waals surface area contributed by atoms with Gasteiger partial charge in [-0.2, -0.15) is 0 Å². The number of imidazole rings is 1. The summed E-state index contributed by atoms with van der Waals surface area (Å²) in [6.07, 6.45) is 6.19. The standard InChI is InChI=1S/C22H30N4O2/c1-17-5-3-4-6-19(17)22-20-15-25(11-10-24-9-8-23-16-24)13-18(20)14-26(22)21(27)7-12-28-2/h3-6,8-9,16,18,20,22H,7,10-15H2,1-2H3/t18-,20-,22+/m0/s1. The largest absolute Gasteiger partial charge is 0.384 e. The average molecular weight is 383 g/mol. The van der Waals surface area contributed by atoms with Gasteiger partial charge < -0.3 is 19.1 Å². The molecular formula is C22H30N4O2. The fourth-order valence-corrected chi connectivity index (χ4v) is 4.90. The zero-order valence-electron chi connectivity index (χ0n) is 16.8. The van der Waals surface area contributed by atoms with Gasteiger partial charge in [0.15, 0.2) is 0 Å². The molecule has 0 bridgehead atoms. The number of hydrogen-bond acceptors (Lipinski definition) is 4. The van der Waals surface area contributed by atoms with Gasteiger partial charge in [0.2, 0.25) is 5.91 Å². The van der Waals surface area contributed by atoms with Crippen LogP contribution in [0.25, 0.3) is 0 Å². The van der Waals surface area contributed by atoms with Crippen LogP contribution in [0.2, 0.25) is 0 Å². The van der Waals surface area contributed by atoms with E-state index in [2.05, 4.69) is 50.5 Å². The van der Waals surface area contributed by atoms with Gasteiger partial charge in [0.1, 0.15) is 0 Å². The zero-order chi connectivity index (χ0) is 19.5. The first-order valence-electron chi connectivity index (χ1n) is 10.2. The minimum absolute atomic E-state index is 0.175. The monoisotopic (exact) mass is 382 g/mol. The lowest BCUT2D eigenvalue weighted by Crippen LogP contribution is -2.37. The lowest BCUT2D eigenvalue weighted by Gasteiger charge is -2.31. The van der Waals surface area contributed by atoms with Crippen LogP contribution in [0.1, 0.15) is 23.6 Å². The van der Waals surface area contributed by atoms with Crippen molar-refractivity contribution in [2.45, 2.75) is 25.9 Å². The Labute approximate surface area is 167 Å². The predicted octanol–water partition coefficient (Wildman–Crippen LogP) is 2.36. The molecule has 150 valence electrons. The zero-order valence-corrected chi connectivity index (χ0v) is 16.8. The molecule has 2 saturated heterocycles. The number of methoxy groups -OCH3 is 1. The number of ether oxygens (including phenoxy) is 1. The van der Waals surface area contributed by atoms with Crippen molar-refractivity contribution in [3.63, 3.8) is 0 Å². The normalized spacial score (nSPS) is 24.6. The molecule has 1 aromatic carbocycles. The minimum Gasteiger partial charge on any atom is -0.384 e. The molecule has 0 saturated carbocycles. The van der Waals surface area contributed by atoms with E-state index < -0.39 is 0 Å². The van der Waals surface area contributed by atoms with E-state index in [1.807, 2.05) is 18.7 Å². The molecule has 3 atom stereocenters. The van der Waals surface area contributed by atoms with Crippen LogP contribution < -0.4 is 0 Å². The van der Waals surface area contributed by atoms with Crippen molar-refractivity contribution >= 4 is 5.91 Å². The third-order valence-electron chi connectivity index (χ3n) is 6.32. The predicted molar refractivity (Wildman–Crippen MR) is 108 cm³/mol. The van der Waals surface area contributed by atoms with Crippen LogP contribution in [0, 0.1) is 18.8 Å². The third kappa shape index (κ3) is 3.84. The minimum atomic E-state index is 0.175.